The number of allylic oxidation sites excluding steroid dienone is 13. The van der Waals surface area contributed by atoms with Crippen molar-refractivity contribution in [1.82, 2.24) is 5.32 Å². The first kappa shape index (κ1) is 85.9. The molecule has 1 fully saturated rings. The molecule has 0 spiro atoms. The van der Waals surface area contributed by atoms with E-state index in [4.69, 9.17) is 14.2 Å². The fourth-order valence-electron chi connectivity index (χ4n) is 11.7. The van der Waals surface area contributed by atoms with E-state index in [1.165, 1.54) is 212 Å². The van der Waals surface area contributed by atoms with Gasteiger partial charge in [0.15, 0.2) is 12.4 Å². The molecule has 11 heteroatoms. The lowest BCUT2D eigenvalue weighted by molar-refractivity contribution is -0.305. The van der Waals surface area contributed by atoms with E-state index >= 15 is 0 Å². The highest BCUT2D eigenvalue weighted by Gasteiger charge is 2.47. The number of rotatable bonds is 66. The Morgan fingerprint density at radius 2 is 0.758 bits per heavy atom. The van der Waals surface area contributed by atoms with Gasteiger partial charge in [-0.05, 0) is 103 Å². The molecular weight excluding hydrogens is 1130 g/mol. The standard InChI is InChI=1S/C80H143NO10/c1-4-7-10-13-16-19-22-25-27-29-31-33-35-36-37-38-39-41-43-45-47-50-53-56-59-62-65-68-75(85)91-78-77(87)76(86)74(69-82)90-80(78)89-70-71(72(83)66-63-60-57-54-51-48-24-21-18-15-12-9-6-3)81-79(88)73(84)67-64-61-58-55-52-49-46-44-42-40-34-32-30-28-26-23-20-17-14-11-8-5-2/h16-17,19-20,25-28,31,33,36-37,63,66,71-74,76-78,80,82-84,86-87H,4-15,18,21-24,29-30,32,34-35,38-62,64-65,67-70H2,1-3H3,(H,81,88)/b19-16-,20-17-,27-25-,28-26-,33-31-,37-36-,66-63+. The van der Waals surface area contributed by atoms with Gasteiger partial charge in [0.2, 0.25) is 5.91 Å². The van der Waals surface area contributed by atoms with E-state index in [1.807, 2.05) is 6.08 Å². The molecule has 1 saturated heterocycles. The molecule has 528 valence electrons. The number of unbranched alkanes of at least 4 members (excludes halogenated alkanes) is 40. The molecule has 0 aromatic heterocycles. The van der Waals surface area contributed by atoms with Crippen molar-refractivity contribution in [2.45, 2.75) is 397 Å². The molecule has 1 aliphatic rings. The van der Waals surface area contributed by atoms with Crippen LogP contribution >= 0.6 is 0 Å². The summed E-state index contributed by atoms with van der Waals surface area (Å²) in [5, 5.41) is 57.4. The summed E-state index contributed by atoms with van der Waals surface area (Å²) in [6.07, 6.45) is 79.0. The minimum absolute atomic E-state index is 0.118. The summed E-state index contributed by atoms with van der Waals surface area (Å²) in [5.41, 5.74) is 0. The Labute approximate surface area is 559 Å². The summed E-state index contributed by atoms with van der Waals surface area (Å²) < 4.78 is 17.7. The minimum Gasteiger partial charge on any atom is -0.454 e. The maximum Gasteiger partial charge on any atom is 0.306 e. The van der Waals surface area contributed by atoms with E-state index < -0.39 is 67.4 Å². The SMILES string of the molecule is CCCCC/C=C\C/C=C\C/C=C\C/C=C\CCCCCCCCCCCCCC(=O)OC1C(OCC(NC(=O)C(O)CCCCCCCCCCCCCC/C=C\C/C=C\CCCCC)C(O)/C=C/CCCCCCCCCCCCC)OC(CO)C(O)C1O. The Bertz CT molecular complexity index is 1810. The van der Waals surface area contributed by atoms with Gasteiger partial charge < -0.3 is 45.1 Å². The maximum atomic E-state index is 13.5. The summed E-state index contributed by atoms with van der Waals surface area (Å²) >= 11 is 0. The van der Waals surface area contributed by atoms with Crippen LogP contribution in [0.2, 0.25) is 0 Å². The zero-order chi connectivity index (χ0) is 66.0. The Hall–Kier alpha value is -3.16. The van der Waals surface area contributed by atoms with Gasteiger partial charge in [0.25, 0.3) is 0 Å². The molecule has 1 amide bonds. The van der Waals surface area contributed by atoms with E-state index in [0.717, 1.165) is 89.9 Å². The molecule has 6 N–H and O–H groups in total. The lowest BCUT2D eigenvalue weighted by Gasteiger charge is -2.41. The first-order valence-corrected chi connectivity index (χ1v) is 38.4. The van der Waals surface area contributed by atoms with Crippen LogP contribution in [0.3, 0.4) is 0 Å². The smallest absolute Gasteiger partial charge is 0.306 e. The zero-order valence-corrected chi connectivity index (χ0v) is 59.0. The van der Waals surface area contributed by atoms with Crippen molar-refractivity contribution in [2.24, 2.45) is 0 Å². The highest BCUT2D eigenvalue weighted by molar-refractivity contribution is 5.80. The fourth-order valence-corrected chi connectivity index (χ4v) is 11.7. The molecule has 8 atom stereocenters. The monoisotopic (exact) mass is 1280 g/mol. The molecule has 0 aromatic rings. The normalized spacial score (nSPS) is 18.4. The average Bonchev–Trinajstić information content (AvgIpc) is 1.11. The highest BCUT2D eigenvalue weighted by Crippen LogP contribution is 2.26. The molecule has 1 heterocycles. The summed E-state index contributed by atoms with van der Waals surface area (Å²) in [4.78, 5) is 26.8. The van der Waals surface area contributed by atoms with Crippen LogP contribution in [0.15, 0.2) is 85.1 Å². The predicted molar refractivity (Wildman–Crippen MR) is 384 cm³/mol. The van der Waals surface area contributed by atoms with Gasteiger partial charge in [0.05, 0.1) is 25.4 Å². The van der Waals surface area contributed by atoms with E-state index in [1.54, 1.807) is 6.08 Å². The van der Waals surface area contributed by atoms with E-state index in [0.29, 0.717) is 12.8 Å². The first-order chi connectivity index (χ1) is 44.7. The van der Waals surface area contributed by atoms with Crippen LogP contribution in [0.4, 0.5) is 0 Å². The fraction of sp³-hybridized carbons (Fsp3) is 0.800. The van der Waals surface area contributed by atoms with Crippen LogP contribution in [0.1, 0.15) is 348 Å². The molecule has 0 saturated carbocycles. The summed E-state index contributed by atoms with van der Waals surface area (Å²) in [6, 6.07) is -1.03. The number of carbonyl (C=O) groups is 2. The number of nitrogens with one attached hydrogen (secondary N) is 1. The van der Waals surface area contributed by atoms with Gasteiger partial charge in [-0.2, -0.15) is 0 Å². The van der Waals surface area contributed by atoms with Gasteiger partial charge in [-0.15, -0.1) is 0 Å². The number of amides is 1. The molecule has 1 aliphatic heterocycles. The van der Waals surface area contributed by atoms with Crippen molar-refractivity contribution >= 4 is 11.9 Å². The van der Waals surface area contributed by atoms with Crippen LogP contribution in [0.25, 0.3) is 0 Å². The van der Waals surface area contributed by atoms with Gasteiger partial charge in [0.1, 0.15) is 24.4 Å². The second-order valence-corrected chi connectivity index (χ2v) is 26.4. The van der Waals surface area contributed by atoms with E-state index in [2.05, 4.69) is 99.0 Å². The number of ether oxygens (including phenoxy) is 3. The second kappa shape index (κ2) is 66.8. The maximum absolute atomic E-state index is 13.5. The molecule has 8 unspecified atom stereocenters. The molecule has 0 bridgehead atoms. The molecule has 0 aromatic carbocycles. The molecule has 91 heavy (non-hydrogen) atoms. The van der Waals surface area contributed by atoms with Crippen molar-refractivity contribution in [3.05, 3.63) is 85.1 Å². The van der Waals surface area contributed by atoms with Gasteiger partial charge in [-0.1, -0.05) is 324 Å². The van der Waals surface area contributed by atoms with Gasteiger partial charge >= 0.3 is 5.97 Å². The first-order valence-electron chi connectivity index (χ1n) is 38.4. The van der Waals surface area contributed by atoms with E-state index in [-0.39, 0.29) is 19.4 Å². The predicted octanol–water partition coefficient (Wildman–Crippen LogP) is 20.4. The average molecular weight is 1280 g/mol. The molecule has 11 nitrogen and oxygen atoms in total. The number of aliphatic hydroxyl groups excluding tert-OH is 5. The minimum atomic E-state index is -1.62. The van der Waals surface area contributed by atoms with Crippen molar-refractivity contribution < 1.29 is 49.3 Å². The Kier molecular flexibility index (Phi) is 63.1. The number of esters is 1. The zero-order valence-electron chi connectivity index (χ0n) is 59.0. The number of aliphatic hydroxyl groups is 5. The highest BCUT2D eigenvalue weighted by atomic mass is 16.7. The third-order valence-corrected chi connectivity index (χ3v) is 17.8. The largest absolute Gasteiger partial charge is 0.454 e. The third-order valence-electron chi connectivity index (χ3n) is 17.8. The van der Waals surface area contributed by atoms with Crippen LogP contribution < -0.4 is 5.32 Å². The topological polar surface area (TPSA) is 175 Å². The van der Waals surface area contributed by atoms with Crippen LogP contribution in [0.5, 0.6) is 0 Å². The third kappa shape index (κ3) is 53.7. The summed E-state index contributed by atoms with van der Waals surface area (Å²) in [5.74, 6) is -1.19. The van der Waals surface area contributed by atoms with Gasteiger partial charge in [0, 0.05) is 6.42 Å². The van der Waals surface area contributed by atoms with Crippen molar-refractivity contribution in [3.8, 4) is 0 Å². The lowest BCUT2D eigenvalue weighted by atomic mass is 9.99. The van der Waals surface area contributed by atoms with Crippen LogP contribution in [0, 0.1) is 0 Å². The van der Waals surface area contributed by atoms with Crippen molar-refractivity contribution in [3.63, 3.8) is 0 Å². The van der Waals surface area contributed by atoms with Gasteiger partial charge in [-0.25, -0.2) is 0 Å². The van der Waals surface area contributed by atoms with Crippen molar-refractivity contribution in [2.75, 3.05) is 13.2 Å². The number of hydrogen-bond donors (Lipinski definition) is 6. The van der Waals surface area contributed by atoms with Crippen LogP contribution in [-0.2, 0) is 23.8 Å². The molecule has 0 aliphatic carbocycles. The van der Waals surface area contributed by atoms with E-state index in [9.17, 15) is 35.1 Å². The Morgan fingerprint density at radius 3 is 1.15 bits per heavy atom. The Balaban J connectivity index is 2.54. The second-order valence-electron chi connectivity index (χ2n) is 26.4. The molecule has 1 rings (SSSR count). The number of carbonyl (C=O) groups excluding carboxylic acids is 2. The van der Waals surface area contributed by atoms with Crippen LogP contribution in [-0.4, -0.2) is 99.6 Å². The summed E-state index contributed by atoms with van der Waals surface area (Å²) in [7, 11) is 0. The Morgan fingerprint density at radius 1 is 0.429 bits per heavy atom. The summed E-state index contributed by atoms with van der Waals surface area (Å²) in [6.45, 7) is 5.78. The quantitative estimate of drug-likeness (QED) is 0.0195. The molecule has 0 radical (unpaired) electrons. The van der Waals surface area contributed by atoms with Crippen molar-refractivity contribution in [1.29, 1.82) is 0 Å². The molecular formula is C80H143NO10. The number of hydrogen-bond acceptors (Lipinski definition) is 10. The van der Waals surface area contributed by atoms with Gasteiger partial charge in [-0.3, -0.25) is 9.59 Å². The lowest BCUT2D eigenvalue weighted by Crippen LogP contribution is -2.61.